The first-order chi connectivity index (χ1) is 10.7. The summed E-state index contributed by atoms with van der Waals surface area (Å²) in [6, 6.07) is 3.46. The number of carbonyl (C=O) groups is 1. The van der Waals surface area contributed by atoms with Crippen LogP contribution in [-0.4, -0.2) is 17.4 Å². The molecule has 6 nitrogen and oxygen atoms in total. The van der Waals surface area contributed by atoms with E-state index in [1.54, 1.807) is 12.1 Å². The minimum absolute atomic E-state index is 0.408. The van der Waals surface area contributed by atoms with Crippen molar-refractivity contribution in [2.45, 2.75) is 19.4 Å². The van der Waals surface area contributed by atoms with Gasteiger partial charge in [-0.2, -0.15) is 0 Å². The lowest BCUT2D eigenvalue weighted by molar-refractivity contribution is -0.697. The van der Waals surface area contributed by atoms with Gasteiger partial charge in [-0.1, -0.05) is 0 Å². The van der Waals surface area contributed by atoms with Gasteiger partial charge in [-0.05, 0) is 29.3 Å². The van der Waals surface area contributed by atoms with Gasteiger partial charge in [-0.3, -0.25) is 4.79 Å². The Kier molecular flexibility index (Phi) is 5.59. The summed E-state index contributed by atoms with van der Waals surface area (Å²) >= 11 is 0. The molecule has 1 aromatic rings. The average Bonchev–Trinajstić information content (AvgIpc) is 2.54. The summed E-state index contributed by atoms with van der Waals surface area (Å²) in [4.78, 5) is 23.2. The molecule has 0 unspecified atom stereocenters. The molecule has 114 valence electrons. The molecule has 0 saturated heterocycles. The number of rotatable bonds is 7. The van der Waals surface area contributed by atoms with Gasteiger partial charge in [-0.15, -0.1) is 4.91 Å². The van der Waals surface area contributed by atoms with Crippen molar-refractivity contribution in [3.63, 3.8) is 0 Å². The van der Waals surface area contributed by atoms with Gasteiger partial charge in [-0.25, -0.2) is 4.57 Å². The van der Waals surface area contributed by atoms with Crippen LogP contribution in [0.4, 0.5) is 0 Å². The summed E-state index contributed by atoms with van der Waals surface area (Å²) in [5.41, 5.74) is 6.53. The molecule has 22 heavy (non-hydrogen) atoms. The van der Waals surface area contributed by atoms with Crippen LogP contribution < -0.4 is 10.3 Å². The van der Waals surface area contributed by atoms with Crippen molar-refractivity contribution in [2.24, 2.45) is 10.9 Å². The molecule has 1 aliphatic rings. The number of nitrogens with two attached hydrogens (primary N) is 1. The number of hydrogen-bond donors (Lipinski definition) is 1. The van der Waals surface area contributed by atoms with Crippen molar-refractivity contribution >= 4 is 5.91 Å². The lowest BCUT2D eigenvalue weighted by atomic mass is 10.2. The Morgan fingerprint density at radius 3 is 2.50 bits per heavy atom. The zero-order valence-corrected chi connectivity index (χ0v) is 12.3. The predicted molar refractivity (Wildman–Crippen MR) is 83.3 cm³/mol. The first-order valence-electron chi connectivity index (χ1n) is 7.13. The van der Waals surface area contributed by atoms with E-state index >= 15 is 0 Å². The zero-order valence-electron chi connectivity index (χ0n) is 12.3. The van der Waals surface area contributed by atoms with Gasteiger partial charge < -0.3 is 10.6 Å². The molecule has 1 amide bonds. The van der Waals surface area contributed by atoms with Crippen LogP contribution in [0, 0.1) is 4.91 Å². The molecule has 1 aromatic heterocycles. The number of nitroso groups, excluding NO2 is 1. The van der Waals surface area contributed by atoms with E-state index in [0.29, 0.717) is 5.56 Å². The second-order valence-electron chi connectivity index (χ2n) is 5.00. The van der Waals surface area contributed by atoms with Gasteiger partial charge in [0.25, 0.3) is 0 Å². The zero-order chi connectivity index (χ0) is 15.8. The number of nitrogens with zero attached hydrogens (tertiary/aromatic N) is 3. The summed E-state index contributed by atoms with van der Waals surface area (Å²) in [5, 5.41) is 2.75. The van der Waals surface area contributed by atoms with E-state index in [2.05, 4.69) is 10.1 Å². The van der Waals surface area contributed by atoms with Gasteiger partial charge in [0.15, 0.2) is 12.4 Å². The molecule has 1 aliphatic heterocycles. The maximum Gasteiger partial charge on any atom is 0.249 e. The summed E-state index contributed by atoms with van der Waals surface area (Å²) in [6.07, 6.45) is 14.7. The topological polar surface area (TPSA) is 79.6 Å². The van der Waals surface area contributed by atoms with E-state index in [4.69, 9.17) is 5.73 Å². The molecular formula is C16H19N4O2+. The highest BCUT2D eigenvalue weighted by molar-refractivity contribution is 5.92. The molecule has 2 rings (SSSR count). The Morgan fingerprint density at radius 1 is 1.23 bits per heavy atom. The lowest BCUT2D eigenvalue weighted by Crippen LogP contribution is -2.33. The highest BCUT2D eigenvalue weighted by Gasteiger charge is 2.05. The van der Waals surface area contributed by atoms with Crippen LogP contribution in [0.1, 0.15) is 23.2 Å². The number of amides is 1. The summed E-state index contributed by atoms with van der Waals surface area (Å²) < 4.78 is 2.03. The number of allylic oxidation sites excluding steroid dienone is 3. The predicted octanol–water partition coefficient (Wildman–Crippen LogP) is 1.85. The number of aromatic nitrogens is 1. The molecule has 0 bridgehead atoms. The lowest BCUT2D eigenvalue weighted by Gasteiger charge is -2.17. The summed E-state index contributed by atoms with van der Waals surface area (Å²) in [5.74, 6) is -0.408. The molecule has 0 atom stereocenters. The second-order valence-corrected chi connectivity index (χ2v) is 5.00. The number of aryl methyl sites for hydroxylation is 1. The van der Waals surface area contributed by atoms with Crippen LogP contribution >= 0.6 is 0 Å². The molecule has 0 aromatic carbocycles. The highest BCUT2D eigenvalue weighted by atomic mass is 16.2. The Bertz CT molecular complexity index is 602. The van der Waals surface area contributed by atoms with Crippen LogP contribution in [-0.2, 0) is 6.54 Å². The van der Waals surface area contributed by atoms with Crippen molar-refractivity contribution in [3.05, 3.63) is 71.3 Å². The van der Waals surface area contributed by atoms with E-state index in [9.17, 15) is 9.70 Å². The number of primary amides is 1. The van der Waals surface area contributed by atoms with E-state index in [1.165, 1.54) is 6.20 Å². The van der Waals surface area contributed by atoms with Crippen molar-refractivity contribution in [1.82, 2.24) is 4.90 Å². The molecule has 0 fully saturated rings. The van der Waals surface area contributed by atoms with Gasteiger partial charge in [0.1, 0.15) is 6.54 Å². The van der Waals surface area contributed by atoms with Crippen LogP contribution in [0.3, 0.4) is 0 Å². The Hall–Kier alpha value is -2.76. The van der Waals surface area contributed by atoms with Crippen LogP contribution in [0.2, 0.25) is 0 Å². The third kappa shape index (κ3) is 4.66. The molecule has 2 N–H and O–H groups in total. The first kappa shape index (κ1) is 15.6. The summed E-state index contributed by atoms with van der Waals surface area (Å²) in [6.45, 7) is 1.80. The molecule has 0 radical (unpaired) electrons. The monoisotopic (exact) mass is 299 g/mol. The molecule has 0 saturated carbocycles. The molecule has 2 heterocycles. The SMILES string of the molecule is NC(=O)c1cc[n+](CCCCN2C=CC(=CN=O)C=C2)cc1. The van der Waals surface area contributed by atoms with Crippen LogP contribution in [0.5, 0.6) is 0 Å². The van der Waals surface area contributed by atoms with E-state index in [-0.39, 0.29) is 0 Å². The van der Waals surface area contributed by atoms with E-state index < -0.39 is 5.91 Å². The third-order valence-corrected chi connectivity index (χ3v) is 3.38. The quantitative estimate of drug-likeness (QED) is 0.474. The van der Waals surface area contributed by atoms with Gasteiger partial charge in [0.05, 0.1) is 11.8 Å². The van der Waals surface area contributed by atoms with Gasteiger partial charge in [0, 0.05) is 37.5 Å². The Morgan fingerprint density at radius 2 is 1.91 bits per heavy atom. The maximum absolute atomic E-state index is 11.0. The normalized spacial score (nSPS) is 13.3. The molecule has 0 spiro atoms. The number of pyridine rings is 1. The highest BCUT2D eigenvalue weighted by Crippen LogP contribution is 2.10. The fraction of sp³-hybridized carbons (Fsp3) is 0.250. The van der Waals surface area contributed by atoms with Crippen molar-refractivity contribution in [2.75, 3.05) is 6.54 Å². The summed E-state index contributed by atoms with van der Waals surface area (Å²) in [7, 11) is 0. The maximum atomic E-state index is 11.0. The molecule has 6 heteroatoms. The van der Waals surface area contributed by atoms with Crippen molar-refractivity contribution in [1.29, 1.82) is 0 Å². The third-order valence-electron chi connectivity index (χ3n) is 3.38. The van der Waals surface area contributed by atoms with Gasteiger partial charge >= 0.3 is 0 Å². The average molecular weight is 299 g/mol. The van der Waals surface area contributed by atoms with Gasteiger partial charge in [0.2, 0.25) is 5.91 Å². The molecular weight excluding hydrogens is 280 g/mol. The number of hydrogen-bond acceptors (Lipinski definition) is 4. The standard InChI is InChI=1S/C16H18N4O2/c17-16(21)15-5-11-20(12-6-15)8-2-1-7-19-9-3-14(4-10-19)13-18-22/h3-6,9-13H,1-2,7-8H2,(H-,17,21)/p+1. The first-order valence-corrected chi connectivity index (χ1v) is 7.13. The smallest absolute Gasteiger partial charge is 0.249 e. The minimum Gasteiger partial charge on any atom is -0.366 e. The Labute approximate surface area is 129 Å². The van der Waals surface area contributed by atoms with Crippen molar-refractivity contribution < 1.29 is 9.36 Å². The van der Waals surface area contributed by atoms with Crippen LogP contribution in [0.25, 0.3) is 0 Å². The number of carbonyl (C=O) groups excluding carboxylic acids is 1. The largest absolute Gasteiger partial charge is 0.366 e. The fourth-order valence-corrected chi connectivity index (χ4v) is 2.12. The fourth-order valence-electron chi connectivity index (χ4n) is 2.12. The molecule has 0 aliphatic carbocycles. The van der Waals surface area contributed by atoms with E-state index in [0.717, 1.165) is 31.5 Å². The van der Waals surface area contributed by atoms with Crippen LogP contribution in [0.15, 0.2) is 66.0 Å². The Balaban J connectivity index is 1.71. The number of unbranched alkanes of at least 4 members (excludes halogenated alkanes) is 1. The van der Waals surface area contributed by atoms with Crippen molar-refractivity contribution in [3.8, 4) is 0 Å². The van der Waals surface area contributed by atoms with E-state index in [1.807, 2.05) is 41.5 Å². The second kappa shape index (κ2) is 7.87. The minimum atomic E-state index is -0.408.